The van der Waals surface area contributed by atoms with Gasteiger partial charge < -0.3 is 15.2 Å². The molecule has 3 heterocycles. The van der Waals surface area contributed by atoms with Crippen LogP contribution in [0.15, 0.2) is 42.7 Å². The largest absolute Gasteiger partial charge is 0.346 e. The van der Waals surface area contributed by atoms with Gasteiger partial charge in [0.2, 0.25) is 0 Å². The van der Waals surface area contributed by atoms with Crippen LogP contribution in [-0.2, 0) is 0 Å². The molecule has 0 atom stereocenters. The summed E-state index contributed by atoms with van der Waals surface area (Å²) in [5.41, 5.74) is 5.41. The van der Waals surface area contributed by atoms with E-state index in [0.29, 0.717) is 5.92 Å². The number of pyridine rings is 1. The van der Waals surface area contributed by atoms with Gasteiger partial charge in [0, 0.05) is 36.6 Å². The number of nitrogens with zero attached hydrogens (tertiary/aromatic N) is 2. The van der Waals surface area contributed by atoms with Crippen LogP contribution in [0.25, 0.3) is 11.0 Å². The Kier molecular flexibility index (Phi) is 4.37. The van der Waals surface area contributed by atoms with Gasteiger partial charge in [0.15, 0.2) is 0 Å². The normalized spacial score (nSPS) is 15.4. The molecule has 0 bridgehead atoms. The van der Waals surface area contributed by atoms with Gasteiger partial charge in [-0.2, -0.15) is 0 Å². The first-order chi connectivity index (χ1) is 12.6. The van der Waals surface area contributed by atoms with E-state index in [0.717, 1.165) is 48.4 Å². The Labute approximate surface area is 153 Å². The number of aromatic amines is 1. The number of benzene rings is 1. The fraction of sp³-hybridized carbons (Fsp3) is 0.333. The minimum atomic E-state index is -0.00209. The molecule has 4 rings (SSSR count). The third-order valence-electron chi connectivity index (χ3n) is 5.34. The summed E-state index contributed by atoms with van der Waals surface area (Å²) in [5, 5.41) is 4.27. The minimum Gasteiger partial charge on any atom is -0.346 e. The van der Waals surface area contributed by atoms with Crippen LogP contribution in [0.4, 0.5) is 10.5 Å². The molecule has 1 aliphatic heterocycles. The molecule has 5 nitrogen and oxygen atoms in total. The molecule has 2 N–H and O–H groups in total. The summed E-state index contributed by atoms with van der Waals surface area (Å²) in [5.74, 6) is 0.470. The number of carbonyl (C=O) groups excluding carboxylic acids is 1. The van der Waals surface area contributed by atoms with Crippen molar-refractivity contribution >= 4 is 22.8 Å². The number of nitrogens with one attached hydrogen (secondary N) is 2. The molecule has 0 unspecified atom stereocenters. The van der Waals surface area contributed by atoms with Crippen LogP contribution in [0.3, 0.4) is 0 Å². The molecule has 3 aromatic rings. The Morgan fingerprint density at radius 3 is 2.85 bits per heavy atom. The van der Waals surface area contributed by atoms with E-state index in [-0.39, 0.29) is 6.03 Å². The zero-order valence-corrected chi connectivity index (χ0v) is 15.2. The molecule has 0 radical (unpaired) electrons. The number of H-pyrrole nitrogens is 1. The highest BCUT2D eigenvalue weighted by Crippen LogP contribution is 2.32. The fourth-order valence-corrected chi connectivity index (χ4v) is 3.77. The van der Waals surface area contributed by atoms with Gasteiger partial charge in [-0.05, 0) is 67.5 Å². The number of likely N-dealkylation sites (tertiary alicyclic amines) is 1. The molecule has 0 spiro atoms. The molecule has 1 aliphatic rings. The summed E-state index contributed by atoms with van der Waals surface area (Å²) in [6.07, 6.45) is 5.83. The van der Waals surface area contributed by atoms with E-state index in [1.54, 1.807) is 0 Å². The maximum Gasteiger partial charge on any atom is 0.321 e. The number of amides is 2. The third-order valence-corrected chi connectivity index (χ3v) is 5.34. The number of piperidine rings is 1. The van der Waals surface area contributed by atoms with Crippen LogP contribution < -0.4 is 5.32 Å². The average Bonchev–Trinajstić information content (AvgIpc) is 3.09. The molecule has 26 heavy (non-hydrogen) atoms. The molecule has 2 amide bonds. The molecule has 134 valence electrons. The summed E-state index contributed by atoms with van der Waals surface area (Å²) in [6, 6.07) is 10.2. The third kappa shape index (κ3) is 3.17. The summed E-state index contributed by atoms with van der Waals surface area (Å²) in [6.45, 7) is 5.60. The van der Waals surface area contributed by atoms with Crippen molar-refractivity contribution < 1.29 is 4.79 Å². The van der Waals surface area contributed by atoms with Gasteiger partial charge in [0.05, 0.1) is 0 Å². The number of urea groups is 1. The number of hydrogen-bond acceptors (Lipinski definition) is 2. The predicted octanol–water partition coefficient (Wildman–Crippen LogP) is 4.59. The zero-order chi connectivity index (χ0) is 18.1. The first-order valence-electron chi connectivity index (χ1n) is 9.17. The summed E-state index contributed by atoms with van der Waals surface area (Å²) in [4.78, 5) is 22.2. The fourth-order valence-electron chi connectivity index (χ4n) is 3.77. The SMILES string of the molecule is Cc1ccc(C)c(NC(=O)N2CCC(c3c[nH]c4ncccc34)CC2)c1. The van der Waals surface area contributed by atoms with Crippen molar-refractivity contribution in [3.63, 3.8) is 0 Å². The number of hydrogen-bond donors (Lipinski definition) is 2. The first-order valence-corrected chi connectivity index (χ1v) is 9.17. The number of fused-ring (bicyclic) bond motifs is 1. The molecular formula is C21H24N4O. The van der Waals surface area contributed by atoms with Crippen LogP contribution in [0.5, 0.6) is 0 Å². The van der Waals surface area contributed by atoms with Crippen molar-refractivity contribution in [2.45, 2.75) is 32.6 Å². The Morgan fingerprint density at radius 2 is 2.04 bits per heavy atom. The van der Waals surface area contributed by atoms with Gasteiger partial charge in [-0.25, -0.2) is 9.78 Å². The van der Waals surface area contributed by atoms with Gasteiger partial charge in [-0.1, -0.05) is 12.1 Å². The monoisotopic (exact) mass is 348 g/mol. The number of rotatable bonds is 2. The van der Waals surface area contributed by atoms with Crippen LogP contribution in [0.1, 0.15) is 35.4 Å². The van der Waals surface area contributed by atoms with E-state index in [1.807, 2.05) is 43.1 Å². The molecule has 1 aromatic carbocycles. The Balaban J connectivity index is 1.41. The molecule has 2 aromatic heterocycles. The molecule has 1 fully saturated rings. The van der Waals surface area contributed by atoms with Crippen LogP contribution in [0, 0.1) is 13.8 Å². The van der Waals surface area contributed by atoms with Crippen molar-refractivity contribution in [1.82, 2.24) is 14.9 Å². The number of aryl methyl sites for hydroxylation is 2. The summed E-state index contributed by atoms with van der Waals surface area (Å²) < 4.78 is 0. The Bertz CT molecular complexity index is 938. The molecule has 0 saturated carbocycles. The smallest absolute Gasteiger partial charge is 0.321 e. The average molecular weight is 348 g/mol. The number of anilines is 1. The van der Waals surface area contributed by atoms with Gasteiger partial charge in [0.1, 0.15) is 5.65 Å². The van der Waals surface area contributed by atoms with Gasteiger partial charge in [0.25, 0.3) is 0 Å². The topological polar surface area (TPSA) is 61.0 Å². The van der Waals surface area contributed by atoms with E-state index >= 15 is 0 Å². The van der Waals surface area contributed by atoms with Crippen molar-refractivity contribution in [1.29, 1.82) is 0 Å². The molecule has 0 aliphatic carbocycles. The zero-order valence-electron chi connectivity index (χ0n) is 15.2. The lowest BCUT2D eigenvalue weighted by atomic mass is 9.89. The quantitative estimate of drug-likeness (QED) is 0.711. The number of aromatic nitrogens is 2. The van der Waals surface area contributed by atoms with Crippen molar-refractivity contribution in [3.05, 3.63) is 59.4 Å². The van der Waals surface area contributed by atoms with Crippen LogP contribution >= 0.6 is 0 Å². The second-order valence-electron chi connectivity index (χ2n) is 7.15. The van der Waals surface area contributed by atoms with E-state index in [9.17, 15) is 4.79 Å². The highest BCUT2D eigenvalue weighted by Gasteiger charge is 2.25. The lowest BCUT2D eigenvalue weighted by molar-refractivity contribution is 0.195. The highest BCUT2D eigenvalue weighted by atomic mass is 16.2. The van der Waals surface area contributed by atoms with E-state index < -0.39 is 0 Å². The predicted molar refractivity (Wildman–Crippen MR) is 105 cm³/mol. The second-order valence-corrected chi connectivity index (χ2v) is 7.15. The Hall–Kier alpha value is -2.82. The van der Waals surface area contributed by atoms with Gasteiger partial charge >= 0.3 is 6.03 Å². The lowest BCUT2D eigenvalue weighted by Crippen LogP contribution is -2.40. The molecular weight excluding hydrogens is 324 g/mol. The van der Waals surface area contributed by atoms with E-state index in [1.165, 1.54) is 10.9 Å². The maximum atomic E-state index is 12.6. The van der Waals surface area contributed by atoms with Crippen LogP contribution in [-0.4, -0.2) is 34.0 Å². The summed E-state index contributed by atoms with van der Waals surface area (Å²) in [7, 11) is 0. The van der Waals surface area contributed by atoms with Crippen LogP contribution in [0.2, 0.25) is 0 Å². The Morgan fingerprint density at radius 1 is 1.23 bits per heavy atom. The summed E-state index contributed by atoms with van der Waals surface area (Å²) >= 11 is 0. The highest BCUT2D eigenvalue weighted by molar-refractivity contribution is 5.90. The van der Waals surface area contributed by atoms with Gasteiger partial charge in [-0.3, -0.25) is 0 Å². The first kappa shape index (κ1) is 16.6. The van der Waals surface area contributed by atoms with Crippen molar-refractivity contribution in [2.75, 3.05) is 18.4 Å². The maximum absolute atomic E-state index is 12.6. The minimum absolute atomic E-state index is 0.00209. The lowest BCUT2D eigenvalue weighted by Gasteiger charge is -2.32. The van der Waals surface area contributed by atoms with Gasteiger partial charge in [-0.15, -0.1) is 0 Å². The molecule has 5 heteroatoms. The molecule has 1 saturated heterocycles. The number of carbonyl (C=O) groups is 1. The van der Waals surface area contributed by atoms with E-state index in [2.05, 4.69) is 33.6 Å². The standard InChI is InChI=1S/C21H24N4O/c1-14-5-6-15(2)19(12-14)24-21(26)25-10-7-16(8-11-25)18-13-23-20-17(18)4-3-9-22-20/h3-6,9,12-13,16H,7-8,10-11H2,1-2H3,(H,22,23)(H,24,26). The van der Waals surface area contributed by atoms with Crippen molar-refractivity contribution in [2.24, 2.45) is 0 Å². The van der Waals surface area contributed by atoms with Crippen molar-refractivity contribution in [3.8, 4) is 0 Å². The second kappa shape index (κ2) is 6.83. The van der Waals surface area contributed by atoms with E-state index in [4.69, 9.17) is 0 Å².